The molecule has 5 nitrogen and oxygen atoms in total. The van der Waals surface area contributed by atoms with Crippen LogP contribution in [0, 0.1) is 12.8 Å². The molecule has 1 saturated heterocycles. The van der Waals surface area contributed by atoms with E-state index in [1.165, 1.54) is 12.1 Å². The summed E-state index contributed by atoms with van der Waals surface area (Å²) in [5.74, 6) is 0.278. The molecule has 2 amide bonds. The quantitative estimate of drug-likeness (QED) is 0.658. The third-order valence-electron chi connectivity index (χ3n) is 5.65. The van der Waals surface area contributed by atoms with Crippen LogP contribution < -0.4 is 4.74 Å². The Kier molecular flexibility index (Phi) is 7.43. The normalized spacial score (nSPS) is 14.8. The Balaban J connectivity index is 1.45. The summed E-state index contributed by atoms with van der Waals surface area (Å²) >= 11 is 0. The van der Waals surface area contributed by atoms with E-state index in [9.17, 15) is 22.8 Å². The highest BCUT2D eigenvalue weighted by molar-refractivity contribution is 5.94. The summed E-state index contributed by atoms with van der Waals surface area (Å²) in [6, 6.07) is 11.9. The molecule has 2 aromatic rings. The summed E-state index contributed by atoms with van der Waals surface area (Å²) in [7, 11) is 1.74. The van der Waals surface area contributed by atoms with Gasteiger partial charge in [0.2, 0.25) is 5.91 Å². The highest BCUT2D eigenvalue weighted by Gasteiger charge is 2.32. The molecule has 0 aromatic heterocycles. The van der Waals surface area contributed by atoms with Crippen LogP contribution in [0.2, 0.25) is 0 Å². The van der Waals surface area contributed by atoms with Gasteiger partial charge in [0.05, 0.1) is 12.1 Å². The summed E-state index contributed by atoms with van der Waals surface area (Å²) in [6.45, 7) is 3.61. The van der Waals surface area contributed by atoms with Gasteiger partial charge in [-0.05, 0) is 61.7 Å². The van der Waals surface area contributed by atoms with Gasteiger partial charge in [-0.2, -0.15) is 13.2 Å². The number of carbonyl (C=O) groups excluding carboxylic acids is 2. The summed E-state index contributed by atoms with van der Waals surface area (Å²) in [5.41, 5.74) is 0.533. The third-order valence-corrected chi connectivity index (χ3v) is 5.65. The topological polar surface area (TPSA) is 49.9 Å². The van der Waals surface area contributed by atoms with Crippen molar-refractivity contribution in [2.45, 2.75) is 25.9 Å². The van der Waals surface area contributed by atoms with Crippen LogP contribution in [-0.4, -0.2) is 54.9 Å². The first-order chi connectivity index (χ1) is 15.1. The monoisotopic (exact) mass is 448 g/mol. The van der Waals surface area contributed by atoms with E-state index in [-0.39, 0.29) is 23.3 Å². The van der Waals surface area contributed by atoms with Gasteiger partial charge in [-0.25, -0.2) is 0 Å². The van der Waals surface area contributed by atoms with Crippen LogP contribution >= 0.6 is 0 Å². The summed E-state index contributed by atoms with van der Waals surface area (Å²) in [5, 5.41) is 0. The van der Waals surface area contributed by atoms with Crippen LogP contribution in [0.3, 0.4) is 0 Å². The fraction of sp³-hybridized carbons (Fsp3) is 0.417. The molecule has 0 spiro atoms. The number of likely N-dealkylation sites (tertiary alicyclic amines) is 1. The average Bonchev–Trinajstić information content (AvgIpc) is 2.77. The molecule has 0 radical (unpaired) electrons. The van der Waals surface area contributed by atoms with Crippen LogP contribution in [-0.2, 0) is 11.0 Å². The van der Waals surface area contributed by atoms with Gasteiger partial charge in [-0.1, -0.05) is 12.1 Å². The zero-order valence-corrected chi connectivity index (χ0v) is 18.2. The number of hydrogen-bond acceptors (Lipinski definition) is 3. The first-order valence-electron chi connectivity index (χ1n) is 10.6. The number of ether oxygens (including phenoxy) is 1. The summed E-state index contributed by atoms with van der Waals surface area (Å²) in [4.78, 5) is 28.6. The Morgan fingerprint density at radius 1 is 1.09 bits per heavy atom. The lowest BCUT2D eigenvalue weighted by molar-refractivity contribution is -0.137. The number of carbonyl (C=O) groups is 2. The molecule has 0 atom stereocenters. The zero-order valence-electron chi connectivity index (χ0n) is 18.2. The number of benzene rings is 2. The highest BCUT2D eigenvalue weighted by Crippen LogP contribution is 2.29. The SMILES string of the molecule is Cc1cccc(OCCN(C)C(=O)C2CCN(C(=O)c3ccc(C(F)(F)F)cc3)CC2)c1. The molecule has 1 aliphatic heterocycles. The van der Waals surface area contributed by atoms with E-state index in [4.69, 9.17) is 4.74 Å². The number of rotatable bonds is 6. The lowest BCUT2D eigenvalue weighted by Gasteiger charge is -2.33. The van der Waals surface area contributed by atoms with Gasteiger partial charge in [-0.15, -0.1) is 0 Å². The van der Waals surface area contributed by atoms with Gasteiger partial charge in [0.15, 0.2) is 0 Å². The molecule has 8 heteroatoms. The Morgan fingerprint density at radius 3 is 2.34 bits per heavy atom. The first kappa shape index (κ1) is 23.6. The van der Waals surface area contributed by atoms with Crippen LogP contribution in [0.25, 0.3) is 0 Å². The van der Waals surface area contributed by atoms with Crippen molar-refractivity contribution < 1.29 is 27.5 Å². The van der Waals surface area contributed by atoms with Gasteiger partial charge in [0.25, 0.3) is 5.91 Å². The number of amides is 2. The van der Waals surface area contributed by atoms with Crippen LogP contribution in [0.4, 0.5) is 13.2 Å². The van der Waals surface area contributed by atoms with Crippen LogP contribution in [0.1, 0.15) is 34.3 Å². The van der Waals surface area contributed by atoms with E-state index in [2.05, 4.69) is 0 Å². The second kappa shape index (κ2) is 10.1. The van der Waals surface area contributed by atoms with Crippen molar-refractivity contribution in [3.63, 3.8) is 0 Å². The minimum absolute atomic E-state index is 0.0134. The fourth-order valence-electron chi connectivity index (χ4n) is 3.74. The molecule has 0 unspecified atom stereocenters. The van der Waals surface area contributed by atoms with E-state index < -0.39 is 11.7 Å². The largest absolute Gasteiger partial charge is 0.492 e. The number of hydrogen-bond donors (Lipinski definition) is 0. The van der Waals surface area contributed by atoms with Gasteiger partial charge in [-0.3, -0.25) is 9.59 Å². The van der Waals surface area contributed by atoms with Crippen molar-refractivity contribution in [1.29, 1.82) is 0 Å². The maximum Gasteiger partial charge on any atom is 0.416 e. The minimum atomic E-state index is -4.43. The van der Waals surface area contributed by atoms with E-state index in [0.717, 1.165) is 23.4 Å². The van der Waals surface area contributed by atoms with Crippen molar-refractivity contribution in [2.75, 3.05) is 33.3 Å². The highest BCUT2D eigenvalue weighted by atomic mass is 19.4. The Labute approximate surface area is 185 Å². The molecular formula is C24H27F3N2O3. The van der Waals surface area contributed by atoms with Crippen LogP contribution in [0.5, 0.6) is 5.75 Å². The first-order valence-corrected chi connectivity index (χ1v) is 10.6. The molecule has 172 valence electrons. The average molecular weight is 448 g/mol. The molecule has 0 bridgehead atoms. The smallest absolute Gasteiger partial charge is 0.416 e. The van der Waals surface area contributed by atoms with Crippen molar-refractivity contribution in [3.05, 3.63) is 65.2 Å². The van der Waals surface area contributed by atoms with Crippen molar-refractivity contribution >= 4 is 11.8 Å². The standard InChI is InChI=1S/C24H27F3N2O3/c1-17-4-3-5-21(16-17)32-15-14-28(2)22(30)19-10-12-29(13-11-19)23(31)18-6-8-20(9-7-18)24(25,26)27/h3-9,16,19H,10-15H2,1-2H3. The van der Waals surface area contributed by atoms with E-state index in [1.54, 1.807) is 16.8 Å². The third kappa shape index (κ3) is 6.02. The molecular weight excluding hydrogens is 421 g/mol. The Morgan fingerprint density at radius 2 is 1.75 bits per heavy atom. The molecule has 0 N–H and O–H groups in total. The Bertz CT molecular complexity index is 936. The molecule has 32 heavy (non-hydrogen) atoms. The summed E-state index contributed by atoms with van der Waals surface area (Å²) < 4.78 is 43.8. The van der Waals surface area contributed by atoms with Gasteiger partial charge < -0.3 is 14.5 Å². The van der Waals surface area contributed by atoms with Gasteiger partial charge in [0.1, 0.15) is 12.4 Å². The molecule has 0 aliphatic carbocycles. The Hall–Kier alpha value is -3.03. The van der Waals surface area contributed by atoms with Crippen molar-refractivity contribution in [1.82, 2.24) is 9.80 Å². The molecule has 1 heterocycles. The number of piperidine rings is 1. The lowest BCUT2D eigenvalue weighted by atomic mass is 9.95. The van der Waals surface area contributed by atoms with E-state index >= 15 is 0 Å². The van der Waals surface area contributed by atoms with Crippen molar-refractivity contribution in [3.8, 4) is 5.75 Å². The number of alkyl halides is 3. The fourth-order valence-corrected chi connectivity index (χ4v) is 3.74. The van der Waals surface area contributed by atoms with Crippen LogP contribution in [0.15, 0.2) is 48.5 Å². The minimum Gasteiger partial charge on any atom is -0.492 e. The number of likely N-dealkylation sites (N-methyl/N-ethyl adjacent to an activating group) is 1. The van der Waals surface area contributed by atoms with E-state index in [1.807, 2.05) is 31.2 Å². The molecule has 1 aliphatic rings. The second-order valence-corrected chi connectivity index (χ2v) is 8.07. The summed E-state index contributed by atoms with van der Waals surface area (Å²) in [6.07, 6.45) is -3.39. The second-order valence-electron chi connectivity index (χ2n) is 8.07. The number of nitrogens with zero attached hydrogens (tertiary/aromatic N) is 2. The number of aryl methyl sites for hydroxylation is 1. The molecule has 3 rings (SSSR count). The molecule has 1 fully saturated rings. The maximum atomic E-state index is 12.7. The molecule has 0 saturated carbocycles. The predicted octanol–water partition coefficient (Wildman–Crippen LogP) is 4.40. The molecule has 2 aromatic carbocycles. The van der Waals surface area contributed by atoms with E-state index in [0.29, 0.717) is 39.1 Å². The predicted molar refractivity (Wildman–Crippen MR) is 114 cm³/mol. The lowest BCUT2D eigenvalue weighted by Crippen LogP contribution is -2.44. The zero-order chi connectivity index (χ0) is 23.3. The van der Waals surface area contributed by atoms with Crippen molar-refractivity contribution in [2.24, 2.45) is 5.92 Å². The maximum absolute atomic E-state index is 12.7. The van der Waals surface area contributed by atoms with Gasteiger partial charge in [0, 0.05) is 31.6 Å². The van der Waals surface area contributed by atoms with Gasteiger partial charge >= 0.3 is 6.18 Å². The number of halogens is 3.